The Kier molecular flexibility index (Phi) is 4.41. The standard InChI is InChI=1S/C18H23N3O/c1-19-13-16-5-3-4-14-6-7-15(12-17(14)16)18(22)21-10-8-20(2)9-11-21/h3-7,12,19H,8-11,13H2,1-2H3. The Balaban J connectivity index is 1.90. The summed E-state index contributed by atoms with van der Waals surface area (Å²) < 4.78 is 0. The van der Waals surface area contributed by atoms with Crippen LogP contribution in [0.1, 0.15) is 15.9 Å². The molecule has 4 heteroatoms. The molecule has 0 unspecified atom stereocenters. The van der Waals surface area contributed by atoms with E-state index in [9.17, 15) is 4.79 Å². The molecule has 0 atom stereocenters. The van der Waals surface area contributed by atoms with Gasteiger partial charge in [0, 0.05) is 38.3 Å². The first-order valence-corrected chi connectivity index (χ1v) is 7.83. The molecular formula is C18H23N3O. The van der Waals surface area contributed by atoms with Crippen molar-refractivity contribution in [1.82, 2.24) is 15.1 Å². The second kappa shape index (κ2) is 6.46. The van der Waals surface area contributed by atoms with Crippen molar-refractivity contribution in [3.8, 4) is 0 Å². The molecule has 0 spiro atoms. The summed E-state index contributed by atoms with van der Waals surface area (Å²) in [6.45, 7) is 4.33. The highest BCUT2D eigenvalue weighted by atomic mass is 16.2. The molecule has 1 amide bonds. The van der Waals surface area contributed by atoms with Gasteiger partial charge < -0.3 is 15.1 Å². The molecule has 116 valence electrons. The fourth-order valence-electron chi connectivity index (χ4n) is 3.01. The van der Waals surface area contributed by atoms with E-state index >= 15 is 0 Å². The van der Waals surface area contributed by atoms with Gasteiger partial charge in [0.15, 0.2) is 0 Å². The van der Waals surface area contributed by atoms with Gasteiger partial charge in [0.05, 0.1) is 0 Å². The third kappa shape index (κ3) is 2.98. The van der Waals surface area contributed by atoms with Crippen molar-refractivity contribution in [2.45, 2.75) is 6.54 Å². The van der Waals surface area contributed by atoms with Gasteiger partial charge in [-0.1, -0.05) is 24.3 Å². The summed E-state index contributed by atoms with van der Waals surface area (Å²) >= 11 is 0. The fraction of sp³-hybridized carbons (Fsp3) is 0.389. The van der Waals surface area contributed by atoms with Crippen molar-refractivity contribution < 1.29 is 4.79 Å². The van der Waals surface area contributed by atoms with Crippen molar-refractivity contribution in [1.29, 1.82) is 0 Å². The van der Waals surface area contributed by atoms with E-state index in [0.717, 1.165) is 43.7 Å². The molecule has 1 heterocycles. The van der Waals surface area contributed by atoms with Crippen LogP contribution in [0, 0.1) is 0 Å². The minimum Gasteiger partial charge on any atom is -0.336 e. The molecule has 1 saturated heterocycles. The summed E-state index contributed by atoms with van der Waals surface area (Å²) in [6, 6.07) is 12.3. The van der Waals surface area contributed by atoms with Crippen LogP contribution in [-0.4, -0.2) is 56.0 Å². The van der Waals surface area contributed by atoms with Gasteiger partial charge in [0.1, 0.15) is 0 Å². The van der Waals surface area contributed by atoms with E-state index in [1.165, 1.54) is 10.9 Å². The molecule has 0 radical (unpaired) electrons. The van der Waals surface area contributed by atoms with Crippen LogP contribution in [-0.2, 0) is 6.54 Å². The van der Waals surface area contributed by atoms with E-state index in [1.807, 2.05) is 24.1 Å². The molecule has 0 aliphatic carbocycles. The Labute approximate surface area is 131 Å². The smallest absolute Gasteiger partial charge is 0.253 e. The van der Waals surface area contributed by atoms with Gasteiger partial charge in [-0.25, -0.2) is 0 Å². The number of hydrogen-bond acceptors (Lipinski definition) is 3. The molecule has 1 aliphatic rings. The zero-order valence-corrected chi connectivity index (χ0v) is 13.3. The zero-order valence-electron chi connectivity index (χ0n) is 13.3. The lowest BCUT2D eigenvalue weighted by molar-refractivity contribution is 0.0664. The Morgan fingerprint density at radius 1 is 1.14 bits per heavy atom. The van der Waals surface area contributed by atoms with Gasteiger partial charge in [0.25, 0.3) is 5.91 Å². The van der Waals surface area contributed by atoms with E-state index in [-0.39, 0.29) is 5.91 Å². The lowest BCUT2D eigenvalue weighted by atomic mass is 10.0. The number of nitrogens with zero attached hydrogens (tertiary/aromatic N) is 2. The van der Waals surface area contributed by atoms with Crippen LogP contribution in [0.5, 0.6) is 0 Å². The van der Waals surface area contributed by atoms with Crippen molar-refractivity contribution >= 4 is 16.7 Å². The molecule has 4 nitrogen and oxygen atoms in total. The maximum absolute atomic E-state index is 12.7. The van der Waals surface area contributed by atoms with Gasteiger partial charge in [0.2, 0.25) is 0 Å². The van der Waals surface area contributed by atoms with Crippen LogP contribution in [0.2, 0.25) is 0 Å². The summed E-state index contributed by atoms with van der Waals surface area (Å²) in [5.41, 5.74) is 2.02. The van der Waals surface area contributed by atoms with E-state index in [1.54, 1.807) is 0 Å². The van der Waals surface area contributed by atoms with E-state index in [4.69, 9.17) is 0 Å². The molecule has 0 aromatic heterocycles. The Morgan fingerprint density at radius 3 is 2.64 bits per heavy atom. The van der Waals surface area contributed by atoms with Crippen LogP contribution >= 0.6 is 0 Å². The summed E-state index contributed by atoms with van der Waals surface area (Å²) in [4.78, 5) is 16.9. The largest absolute Gasteiger partial charge is 0.336 e. The second-order valence-electron chi connectivity index (χ2n) is 5.98. The number of likely N-dealkylation sites (N-methyl/N-ethyl adjacent to an activating group) is 1. The van der Waals surface area contributed by atoms with Crippen molar-refractivity contribution in [2.75, 3.05) is 40.3 Å². The quantitative estimate of drug-likeness (QED) is 0.940. The second-order valence-corrected chi connectivity index (χ2v) is 5.98. The molecule has 1 aliphatic heterocycles. The highest BCUT2D eigenvalue weighted by Crippen LogP contribution is 2.21. The number of carbonyl (C=O) groups is 1. The zero-order chi connectivity index (χ0) is 15.5. The fourth-order valence-corrected chi connectivity index (χ4v) is 3.01. The van der Waals surface area contributed by atoms with Crippen molar-refractivity contribution in [3.05, 3.63) is 47.5 Å². The van der Waals surface area contributed by atoms with Crippen molar-refractivity contribution in [2.24, 2.45) is 0 Å². The van der Waals surface area contributed by atoms with Crippen LogP contribution < -0.4 is 5.32 Å². The first-order valence-electron chi connectivity index (χ1n) is 7.83. The van der Waals surface area contributed by atoms with Crippen LogP contribution in [0.3, 0.4) is 0 Å². The van der Waals surface area contributed by atoms with Gasteiger partial charge in [-0.2, -0.15) is 0 Å². The summed E-state index contributed by atoms with van der Waals surface area (Å²) in [6.07, 6.45) is 0. The number of amides is 1. The summed E-state index contributed by atoms with van der Waals surface area (Å²) in [5, 5.41) is 5.54. The number of rotatable bonds is 3. The van der Waals surface area contributed by atoms with Gasteiger partial charge >= 0.3 is 0 Å². The average Bonchev–Trinajstić information content (AvgIpc) is 2.55. The third-order valence-corrected chi connectivity index (χ3v) is 4.38. The van der Waals surface area contributed by atoms with Gasteiger partial charge in [-0.15, -0.1) is 0 Å². The maximum atomic E-state index is 12.7. The van der Waals surface area contributed by atoms with Crippen LogP contribution in [0.4, 0.5) is 0 Å². The highest BCUT2D eigenvalue weighted by Gasteiger charge is 2.20. The summed E-state index contributed by atoms with van der Waals surface area (Å²) in [5.74, 6) is 0.147. The normalized spacial score (nSPS) is 16.2. The minimum absolute atomic E-state index is 0.147. The third-order valence-electron chi connectivity index (χ3n) is 4.38. The predicted octanol–water partition coefficient (Wildman–Crippen LogP) is 1.95. The van der Waals surface area contributed by atoms with E-state index in [2.05, 4.69) is 41.5 Å². The topological polar surface area (TPSA) is 35.6 Å². The molecule has 22 heavy (non-hydrogen) atoms. The van der Waals surface area contributed by atoms with Crippen LogP contribution in [0.15, 0.2) is 36.4 Å². The predicted molar refractivity (Wildman–Crippen MR) is 90.1 cm³/mol. The number of fused-ring (bicyclic) bond motifs is 1. The molecule has 1 fully saturated rings. The number of piperazine rings is 1. The molecule has 0 bridgehead atoms. The SMILES string of the molecule is CNCc1cccc2ccc(C(=O)N3CCN(C)CC3)cc12. The lowest BCUT2D eigenvalue weighted by Gasteiger charge is -2.32. The molecule has 2 aromatic rings. The Bertz CT molecular complexity index is 675. The molecule has 0 saturated carbocycles. The minimum atomic E-state index is 0.147. The highest BCUT2D eigenvalue weighted by molar-refractivity contribution is 5.99. The average molecular weight is 297 g/mol. The Morgan fingerprint density at radius 2 is 1.91 bits per heavy atom. The van der Waals surface area contributed by atoms with Gasteiger partial charge in [-0.05, 0) is 42.6 Å². The summed E-state index contributed by atoms with van der Waals surface area (Å²) in [7, 11) is 4.04. The first kappa shape index (κ1) is 15.0. The first-order chi connectivity index (χ1) is 10.7. The molecule has 3 rings (SSSR count). The lowest BCUT2D eigenvalue weighted by Crippen LogP contribution is -2.47. The van der Waals surface area contributed by atoms with E-state index in [0.29, 0.717) is 0 Å². The van der Waals surface area contributed by atoms with Gasteiger partial charge in [-0.3, -0.25) is 4.79 Å². The molecule has 1 N–H and O–H groups in total. The van der Waals surface area contributed by atoms with Crippen LogP contribution in [0.25, 0.3) is 10.8 Å². The van der Waals surface area contributed by atoms with Crippen molar-refractivity contribution in [3.63, 3.8) is 0 Å². The molecule has 2 aromatic carbocycles. The molecular weight excluding hydrogens is 274 g/mol. The monoisotopic (exact) mass is 297 g/mol. The van der Waals surface area contributed by atoms with E-state index < -0.39 is 0 Å². The Hall–Kier alpha value is -1.91. The number of nitrogens with one attached hydrogen (secondary N) is 1. The number of carbonyl (C=O) groups excluding carboxylic acids is 1. The maximum Gasteiger partial charge on any atom is 0.253 e. The number of benzene rings is 2. The number of hydrogen-bond donors (Lipinski definition) is 1.